The zero-order valence-electron chi connectivity index (χ0n) is 15.6. The summed E-state index contributed by atoms with van der Waals surface area (Å²) in [7, 11) is 0. The van der Waals surface area contributed by atoms with Gasteiger partial charge >= 0.3 is 0 Å². The number of hydrogen-bond donors (Lipinski definition) is 2. The van der Waals surface area contributed by atoms with E-state index in [-0.39, 0.29) is 5.91 Å². The normalized spacial score (nSPS) is 20.5. The summed E-state index contributed by atoms with van der Waals surface area (Å²) in [5.41, 5.74) is 2.26. The highest BCUT2D eigenvalue weighted by Crippen LogP contribution is 2.20. The minimum Gasteiger partial charge on any atom is -0.326 e. The molecule has 2 saturated heterocycles. The lowest BCUT2D eigenvalue weighted by Crippen LogP contribution is -2.32. The fourth-order valence-electron chi connectivity index (χ4n) is 3.90. The predicted octanol–water partition coefficient (Wildman–Crippen LogP) is 3.64. The van der Waals surface area contributed by atoms with Gasteiger partial charge in [-0.15, -0.1) is 0 Å². The first-order chi connectivity index (χ1) is 12.2. The van der Waals surface area contributed by atoms with E-state index in [1.54, 1.807) is 0 Å². The van der Waals surface area contributed by atoms with Gasteiger partial charge in [0.2, 0.25) is 5.91 Å². The van der Waals surface area contributed by atoms with Crippen LogP contribution in [0.15, 0.2) is 24.3 Å². The van der Waals surface area contributed by atoms with Gasteiger partial charge in [0.1, 0.15) is 0 Å². The number of hydrogen-bond acceptors (Lipinski definition) is 3. The molecule has 0 aromatic heterocycles. The highest BCUT2D eigenvalue weighted by molar-refractivity contribution is 5.90. The molecular formula is C21H33N3O. The topological polar surface area (TPSA) is 44.4 Å². The van der Waals surface area contributed by atoms with Gasteiger partial charge in [0, 0.05) is 18.7 Å². The summed E-state index contributed by atoms with van der Waals surface area (Å²) in [5, 5.41) is 6.42. The first kappa shape index (κ1) is 18.4. The van der Waals surface area contributed by atoms with E-state index in [0.717, 1.165) is 37.7 Å². The molecule has 0 aliphatic carbocycles. The summed E-state index contributed by atoms with van der Waals surface area (Å²) < 4.78 is 0. The molecule has 0 bridgehead atoms. The molecule has 2 fully saturated rings. The lowest BCUT2D eigenvalue weighted by atomic mass is 9.93. The van der Waals surface area contributed by atoms with Gasteiger partial charge in [-0.25, -0.2) is 0 Å². The third-order valence-electron chi connectivity index (χ3n) is 5.76. The maximum absolute atomic E-state index is 12.2. The maximum Gasteiger partial charge on any atom is 0.224 e. The fraction of sp³-hybridized carbons (Fsp3) is 0.667. The molecule has 1 aromatic carbocycles. The number of benzene rings is 1. The van der Waals surface area contributed by atoms with Crippen LogP contribution in [0.3, 0.4) is 0 Å². The van der Waals surface area contributed by atoms with Crippen LogP contribution in [0.1, 0.15) is 51.0 Å². The molecule has 4 nitrogen and oxygen atoms in total. The van der Waals surface area contributed by atoms with Crippen molar-refractivity contribution in [3.63, 3.8) is 0 Å². The molecule has 1 aromatic rings. The third kappa shape index (κ3) is 6.12. The number of likely N-dealkylation sites (tertiary alicyclic amines) is 1. The van der Waals surface area contributed by atoms with Crippen molar-refractivity contribution < 1.29 is 4.79 Å². The van der Waals surface area contributed by atoms with Crippen LogP contribution in [0.5, 0.6) is 0 Å². The Kier molecular flexibility index (Phi) is 6.88. The van der Waals surface area contributed by atoms with Crippen LogP contribution in [-0.2, 0) is 11.3 Å². The third-order valence-corrected chi connectivity index (χ3v) is 5.76. The van der Waals surface area contributed by atoms with Gasteiger partial charge in [-0.3, -0.25) is 9.69 Å². The minimum atomic E-state index is 0.149. The molecule has 0 saturated carbocycles. The zero-order chi connectivity index (χ0) is 17.5. The number of carbonyl (C=O) groups excluding carboxylic acids is 1. The monoisotopic (exact) mass is 343 g/mol. The number of carbonyl (C=O) groups is 1. The van der Waals surface area contributed by atoms with E-state index in [2.05, 4.69) is 34.6 Å². The van der Waals surface area contributed by atoms with Gasteiger partial charge in [0.25, 0.3) is 0 Å². The van der Waals surface area contributed by atoms with Crippen molar-refractivity contribution in [2.24, 2.45) is 11.8 Å². The number of piperidine rings is 2. The van der Waals surface area contributed by atoms with E-state index in [9.17, 15) is 4.79 Å². The summed E-state index contributed by atoms with van der Waals surface area (Å²) >= 11 is 0. The summed E-state index contributed by atoms with van der Waals surface area (Å²) in [6, 6.07) is 8.40. The molecule has 0 atom stereocenters. The molecule has 0 radical (unpaired) electrons. The highest BCUT2D eigenvalue weighted by atomic mass is 16.1. The molecule has 2 aliphatic heterocycles. The van der Waals surface area contributed by atoms with Crippen LogP contribution in [0.25, 0.3) is 0 Å². The van der Waals surface area contributed by atoms with Crippen LogP contribution in [0, 0.1) is 11.8 Å². The average Bonchev–Trinajstić information content (AvgIpc) is 2.64. The number of nitrogens with one attached hydrogen (secondary N) is 2. The van der Waals surface area contributed by atoms with Crippen LogP contribution < -0.4 is 10.6 Å². The van der Waals surface area contributed by atoms with Crippen molar-refractivity contribution in [3.8, 4) is 0 Å². The maximum atomic E-state index is 12.2. The Morgan fingerprint density at radius 3 is 2.48 bits per heavy atom. The fourth-order valence-corrected chi connectivity index (χ4v) is 3.90. The van der Waals surface area contributed by atoms with Crippen LogP contribution >= 0.6 is 0 Å². The summed E-state index contributed by atoms with van der Waals surface area (Å²) in [5.74, 6) is 1.73. The Bertz CT molecular complexity index is 529. The second-order valence-corrected chi connectivity index (χ2v) is 7.94. The Labute approximate surface area is 152 Å². The highest BCUT2D eigenvalue weighted by Gasteiger charge is 2.16. The van der Waals surface area contributed by atoms with Gasteiger partial charge < -0.3 is 10.6 Å². The SMILES string of the molecule is CC1CCN(Cc2ccc(NC(=O)CCC3CCNCC3)cc2)CC1. The van der Waals surface area contributed by atoms with Crippen LogP contribution in [-0.4, -0.2) is 37.0 Å². The predicted molar refractivity (Wildman–Crippen MR) is 104 cm³/mol. The molecular weight excluding hydrogens is 310 g/mol. The van der Waals surface area contributed by atoms with Crippen molar-refractivity contribution >= 4 is 11.6 Å². The molecule has 1 amide bonds. The largest absolute Gasteiger partial charge is 0.326 e. The number of anilines is 1. The molecule has 2 heterocycles. The first-order valence-corrected chi connectivity index (χ1v) is 10.0. The summed E-state index contributed by atoms with van der Waals surface area (Å²) in [4.78, 5) is 14.7. The van der Waals surface area contributed by atoms with Crippen molar-refractivity contribution in [3.05, 3.63) is 29.8 Å². The second kappa shape index (κ2) is 9.35. The average molecular weight is 344 g/mol. The van der Waals surface area contributed by atoms with Crippen LogP contribution in [0.2, 0.25) is 0 Å². The molecule has 4 heteroatoms. The van der Waals surface area contributed by atoms with E-state index >= 15 is 0 Å². The van der Waals surface area contributed by atoms with Crippen molar-refractivity contribution in [1.82, 2.24) is 10.2 Å². The molecule has 138 valence electrons. The van der Waals surface area contributed by atoms with Gasteiger partial charge in [0.15, 0.2) is 0 Å². The summed E-state index contributed by atoms with van der Waals surface area (Å²) in [6.45, 7) is 7.98. The van der Waals surface area contributed by atoms with Gasteiger partial charge in [-0.1, -0.05) is 19.1 Å². The van der Waals surface area contributed by atoms with Gasteiger partial charge in [-0.05, 0) is 87.8 Å². The van der Waals surface area contributed by atoms with E-state index in [4.69, 9.17) is 0 Å². The minimum absolute atomic E-state index is 0.149. The van der Waals surface area contributed by atoms with Crippen molar-refractivity contribution in [2.75, 3.05) is 31.5 Å². The van der Waals surface area contributed by atoms with E-state index in [1.165, 1.54) is 44.3 Å². The number of nitrogens with zero attached hydrogens (tertiary/aromatic N) is 1. The van der Waals surface area contributed by atoms with Crippen molar-refractivity contribution in [2.45, 2.75) is 52.0 Å². The van der Waals surface area contributed by atoms with Crippen LogP contribution in [0.4, 0.5) is 5.69 Å². The number of rotatable bonds is 6. The molecule has 0 unspecified atom stereocenters. The molecule has 25 heavy (non-hydrogen) atoms. The Morgan fingerprint density at radius 1 is 1.12 bits per heavy atom. The molecule has 3 rings (SSSR count). The zero-order valence-corrected chi connectivity index (χ0v) is 15.6. The van der Waals surface area contributed by atoms with E-state index in [0.29, 0.717) is 12.3 Å². The quantitative estimate of drug-likeness (QED) is 0.829. The smallest absolute Gasteiger partial charge is 0.224 e. The second-order valence-electron chi connectivity index (χ2n) is 7.94. The Morgan fingerprint density at radius 2 is 1.80 bits per heavy atom. The summed E-state index contributed by atoms with van der Waals surface area (Å²) in [6.07, 6.45) is 6.68. The standard InChI is InChI=1S/C21H33N3O/c1-17-10-14-24(15-11-17)16-19-2-5-20(6-3-19)23-21(25)7-4-18-8-12-22-13-9-18/h2-3,5-6,17-18,22H,4,7-16H2,1H3,(H,23,25). The molecule has 2 aliphatic rings. The van der Waals surface area contributed by atoms with Crippen molar-refractivity contribution in [1.29, 1.82) is 0 Å². The number of amides is 1. The Balaban J connectivity index is 1.40. The Hall–Kier alpha value is -1.39. The molecule has 2 N–H and O–H groups in total. The lowest BCUT2D eigenvalue weighted by molar-refractivity contribution is -0.116. The van der Waals surface area contributed by atoms with Gasteiger partial charge in [-0.2, -0.15) is 0 Å². The van der Waals surface area contributed by atoms with E-state index < -0.39 is 0 Å². The molecule has 0 spiro atoms. The van der Waals surface area contributed by atoms with Gasteiger partial charge in [0.05, 0.1) is 0 Å². The first-order valence-electron chi connectivity index (χ1n) is 10.0. The van der Waals surface area contributed by atoms with E-state index in [1.807, 2.05) is 12.1 Å². The lowest BCUT2D eigenvalue weighted by Gasteiger charge is -2.30.